The Morgan fingerprint density at radius 3 is 1.89 bits per heavy atom. The van der Waals surface area contributed by atoms with Gasteiger partial charge in [-0.1, -0.05) is 214 Å². The standard InChI is InChI=1S/C52H47BN6.2C6H6/c1-35-29-31-40-38-23-13-18-28-46(38)59(47(40)32-30-35)52(56-51(54-4)36-19-9-6-5-7-10-20-36)55-34-57-44-26-16-15-25-41(44)48-43(53(2)3)33-42-39-24-14-17-27-45(39)58(49(42)50(48)57)37-21-11-8-12-22-37;2*1-2-4-6-5-3-1/h5-6,8,10-28,30,32-33,35H,4,7,9,29,31,34H2,1-3H3;2*1-6H/b6-5-,20-10-,36-19+,55-52+,56-51-;;. The molecule has 0 fully saturated rings. The van der Waals surface area contributed by atoms with E-state index < -0.39 is 0 Å². The number of fused-ring (bicyclic) bond motifs is 10. The molecule has 3 aromatic heterocycles. The molecule has 0 spiro atoms. The molecule has 7 heteroatoms. The maximum Gasteiger partial charge on any atom is 0.233 e. The molecule has 2 aliphatic rings. The van der Waals surface area contributed by atoms with Crippen molar-refractivity contribution in [3.8, 4) is 5.69 Å². The minimum absolute atomic E-state index is 0.292. The lowest BCUT2D eigenvalue weighted by molar-refractivity contribution is 0.656. The topological polar surface area (TPSA) is 51.9 Å². The van der Waals surface area contributed by atoms with Gasteiger partial charge in [0.15, 0.2) is 12.5 Å². The first-order valence-electron chi connectivity index (χ1n) is 25.0. The fourth-order valence-electron chi connectivity index (χ4n) is 10.1. The van der Waals surface area contributed by atoms with Gasteiger partial charge in [0, 0.05) is 38.2 Å². The highest BCUT2D eigenvalue weighted by Crippen LogP contribution is 2.40. The van der Waals surface area contributed by atoms with Gasteiger partial charge in [-0.25, -0.2) is 9.98 Å². The summed E-state index contributed by atoms with van der Waals surface area (Å²) in [6, 6.07) is 63.5. The number of aryl methyl sites for hydroxylation is 1. The van der Waals surface area contributed by atoms with Crippen molar-refractivity contribution >= 4 is 91.3 Å². The van der Waals surface area contributed by atoms with Crippen LogP contribution in [0, 0.1) is 5.92 Å². The van der Waals surface area contributed by atoms with Gasteiger partial charge in [0.25, 0.3) is 0 Å². The maximum atomic E-state index is 5.64. The predicted molar refractivity (Wildman–Crippen MR) is 308 cm³/mol. The van der Waals surface area contributed by atoms with Crippen LogP contribution >= 0.6 is 0 Å². The maximum absolute atomic E-state index is 5.64. The fraction of sp³-hybridized carbons (Fsp3) is 0.141. The van der Waals surface area contributed by atoms with Gasteiger partial charge in [0.2, 0.25) is 5.96 Å². The lowest BCUT2D eigenvalue weighted by Crippen LogP contribution is -2.23. The van der Waals surface area contributed by atoms with Crippen LogP contribution < -0.4 is 5.46 Å². The van der Waals surface area contributed by atoms with Crippen LogP contribution in [0.15, 0.2) is 239 Å². The van der Waals surface area contributed by atoms with Crippen molar-refractivity contribution in [2.75, 3.05) is 0 Å². The van der Waals surface area contributed by atoms with E-state index in [9.17, 15) is 0 Å². The first kappa shape index (κ1) is 46.4. The molecular weight excluding hydrogens is 864 g/mol. The Balaban J connectivity index is 0.000000426. The summed E-state index contributed by atoms with van der Waals surface area (Å²) in [5, 5.41) is 6.21. The van der Waals surface area contributed by atoms with Gasteiger partial charge >= 0.3 is 0 Å². The number of aliphatic imine (C=N–C) groups is 3. The molecule has 0 aliphatic heterocycles. The first-order valence-corrected chi connectivity index (χ1v) is 25.0. The van der Waals surface area contributed by atoms with E-state index in [4.69, 9.17) is 9.98 Å². The molecule has 0 N–H and O–H groups in total. The molecule has 2 aliphatic carbocycles. The molecule has 1 atom stereocenters. The van der Waals surface area contributed by atoms with E-state index in [2.05, 4.69) is 198 Å². The summed E-state index contributed by atoms with van der Waals surface area (Å²) in [4.78, 5) is 15.6. The highest BCUT2D eigenvalue weighted by atomic mass is 15.2. The Kier molecular flexibility index (Phi) is 14.1. The molecule has 0 amide bonds. The van der Waals surface area contributed by atoms with Gasteiger partial charge in [-0.2, -0.15) is 4.99 Å². The second-order valence-electron chi connectivity index (χ2n) is 18.5. The second kappa shape index (κ2) is 21.6. The van der Waals surface area contributed by atoms with E-state index in [1.165, 1.54) is 54.5 Å². The van der Waals surface area contributed by atoms with Crippen LogP contribution in [-0.2, 0) is 13.1 Å². The lowest BCUT2D eigenvalue weighted by Gasteiger charge is -2.15. The number of amidine groups is 1. The summed E-state index contributed by atoms with van der Waals surface area (Å²) in [6.45, 7) is 11.6. The van der Waals surface area contributed by atoms with Crippen molar-refractivity contribution in [3.05, 3.63) is 235 Å². The third-order valence-corrected chi connectivity index (χ3v) is 13.5. The first-order chi connectivity index (χ1) is 35.0. The van der Waals surface area contributed by atoms with Gasteiger partial charge in [-0.05, 0) is 80.3 Å². The Morgan fingerprint density at radius 2 is 1.21 bits per heavy atom. The molecule has 348 valence electrons. The Labute approximate surface area is 417 Å². The molecule has 1 unspecified atom stereocenters. The molecule has 0 saturated carbocycles. The monoisotopic (exact) mass is 922 g/mol. The van der Waals surface area contributed by atoms with Crippen LogP contribution in [0.1, 0.15) is 37.4 Å². The fourth-order valence-corrected chi connectivity index (χ4v) is 10.1. The van der Waals surface area contributed by atoms with E-state index >= 15 is 0 Å². The predicted octanol–water partition coefficient (Wildman–Crippen LogP) is 15.6. The van der Waals surface area contributed by atoms with Gasteiger partial charge in [0.05, 0.1) is 33.3 Å². The quantitative estimate of drug-likeness (QED) is 0.0715. The Morgan fingerprint density at radius 1 is 0.620 bits per heavy atom. The van der Waals surface area contributed by atoms with Crippen LogP contribution in [0.5, 0.6) is 0 Å². The van der Waals surface area contributed by atoms with Crippen molar-refractivity contribution in [1.82, 2.24) is 13.7 Å². The van der Waals surface area contributed by atoms with Crippen LogP contribution in [0.2, 0.25) is 13.6 Å². The second-order valence-corrected chi connectivity index (χ2v) is 18.5. The van der Waals surface area contributed by atoms with Crippen LogP contribution in [0.4, 0.5) is 0 Å². The third-order valence-electron chi connectivity index (χ3n) is 13.5. The van der Waals surface area contributed by atoms with E-state index in [0.717, 1.165) is 53.7 Å². The molecule has 6 nitrogen and oxygen atoms in total. The number of hydrogen-bond donors (Lipinski definition) is 0. The van der Waals surface area contributed by atoms with E-state index in [0.29, 0.717) is 31.1 Å². The molecule has 0 radical (unpaired) electrons. The Hall–Kier alpha value is -8.29. The lowest BCUT2D eigenvalue weighted by atomic mass is 9.48. The van der Waals surface area contributed by atoms with Gasteiger partial charge < -0.3 is 9.13 Å². The summed E-state index contributed by atoms with van der Waals surface area (Å²) in [5.74, 6) is 1.61. The molecule has 0 bridgehead atoms. The number of nitrogens with zero attached hydrogens (tertiary/aromatic N) is 6. The van der Waals surface area contributed by atoms with Gasteiger partial charge in [-0.3, -0.25) is 4.57 Å². The number of rotatable bonds is 5. The largest absolute Gasteiger partial charge is 0.318 e. The summed E-state index contributed by atoms with van der Waals surface area (Å²) in [7, 11) is 0. The number of hydrogen-bond acceptors (Lipinski definition) is 1. The molecule has 3 heterocycles. The van der Waals surface area contributed by atoms with E-state index in [1.54, 1.807) is 0 Å². The SMILES string of the molecule is C=NC(=N\C(=N/Cn1c2ccccc2c2c(B(C)C)cc3c4ccccc4n(-c4ccccc4)c3c21)n1c2c(c3ccccc31)CCC(C)C=C2)/C1=C/C/C=C\C/C=C\1.c1ccccc1.c1ccccc1. The van der Waals surface area contributed by atoms with Crippen LogP contribution in [0.3, 0.4) is 0 Å². The van der Waals surface area contributed by atoms with Crippen molar-refractivity contribution in [1.29, 1.82) is 0 Å². The molecule has 71 heavy (non-hydrogen) atoms. The number of para-hydroxylation sites is 4. The Bertz CT molecular complexity index is 3590. The minimum atomic E-state index is 0.292. The zero-order valence-electron chi connectivity index (χ0n) is 40.9. The molecular formula is C64H59BN6. The van der Waals surface area contributed by atoms with Gasteiger partial charge in [0.1, 0.15) is 6.67 Å². The third kappa shape index (κ3) is 9.56. The average Bonchev–Trinajstić information content (AvgIpc) is 3.99. The van der Waals surface area contributed by atoms with Crippen molar-refractivity contribution < 1.29 is 0 Å². The summed E-state index contributed by atoms with van der Waals surface area (Å²) in [5.41, 5.74) is 11.6. The summed E-state index contributed by atoms with van der Waals surface area (Å²) >= 11 is 0. The van der Waals surface area contributed by atoms with Gasteiger partial charge in [-0.15, -0.1) is 0 Å². The van der Waals surface area contributed by atoms with Crippen molar-refractivity contribution in [2.45, 2.75) is 52.9 Å². The molecule has 0 saturated heterocycles. The highest BCUT2D eigenvalue weighted by Gasteiger charge is 2.26. The number of aromatic nitrogens is 3. The number of allylic oxidation sites excluding steroid dienone is 5. The smallest absolute Gasteiger partial charge is 0.233 e. The van der Waals surface area contributed by atoms with E-state index in [-0.39, 0.29) is 0 Å². The number of benzene rings is 7. The summed E-state index contributed by atoms with van der Waals surface area (Å²) in [6.07, 6.45) is 19.2. The normalized spacial score (nSPS) is 16.4. The van der Waals surface area contributed by atoms with Crippen LogP contribution in [0.25, 0.3) is 66.3 Å². The molecule has 12 rings (SSSR count). The highest BCUT2D eigenvalue weighted by molar-refractivity contribution is 6.74. The van der Waals surface area contributed by atoms with Crippen molar-refractivity contribution in [3.63, 3.8) is 0 Å². The molecule has 7 aromatic carbocycles. The van der Waals surface area contributed by atoms with Crippen LogP contribution in [-0.4, -0.2) is 38.9 Å². The van der Waals surface area contributed by atoms with Crippen molar-refractivity contribution in [2.24, 2.45) is 20.9 Å². The zero-order valence-corrected chi connectivity index (χ0v) is 40.9. The summed E-state index contributed by atoms with van der Waals surface area (Å²) < 4.78 is 7.14. The molecule has 10 aromatic rings. The van der Waals surface area contributed by atoms with E-state index in [1.807, 2.05) is 72.8 Å². The minimum Gasteiger partial charge on any atom is -0.318 e. The zero-order chi connectivity index (χ0) is 48.5. The average molecular weight is 923 g/mol.